The molecule has 0 saturated carbocycles. The minimum absolute atomic E-state index is 0.185. The van der Waals surface area contributed by atoms with E-state index >= 15 is 0 Å². The van der Waals surface area contributed by atoms with Gasteiger partial charge in [0.15, 0.2) is 0 Å². The zero-order chi connectivity index (χ0) is 20.2. The Morgan fingerprint density at radius 3 is 2.76 bits per heavy atom. The summed E-state index contributed by atoms with van der Waals surface area (Å²) in [7, 11) is 0. The van der Waals surface area contributed by atoms with Gasteiger partial charge >= 0.3 is 0 Å². The van der Waals surface area contributed by atoms with Crippen LogP contribution in [-0.4, -0.2) is 15.8 Å². The van der Waals surface area contributed by atoms with Crippen LogP contribution >= 0.6 is 0 Å². The Morgan fingerprint density at radius 2 is 1.90 bits per heavy atom. The van der Waals surface area contributed by atoms with Crippen LogP contribution < -0.4 is 5.32 Å². The minimum Gasteiger partial charge on any atom is -0.324 e. The summed E-state index contributed by atoms with van der Waals surface area (Å²) in [6.07, 6.45) is 4.19. The van der Waals surface area contributed by atoms with Gasteiger partial charge in [0, 0.05) is 30.4 Å². The first-order valence-electron chi connectivity index (χ1n) is 9.47. The summed E-state index contributed by atoms with van der Waals surface area (Å²) in [6, 6.07) is 14.4. The fourth-order valence-corrected chi connectivity index (χ4v) is 3.60. The first kappa shape index (κ1) is 18.8. The van der Waals surface area contributed by atoms with Crippen molar-refractivity contribution in [1.82, 2.24) is 9.97 Å². The second kappa shape index (κ2) is 8.19. The van der Waals surface area contributed by atoms with Gasteiger partial charge in [-0.1, -0.05) is 12.1 Å². The molecule has 1 aliphatic carbocycles. The zero-order valence-corrected chi connectivity index (χ0v) is 15.8. The van der Waals surface area contributed by atoms with Crippen molar-refractivity contribution < 1.29 is 9.18 Å². The molecule has 4 rings (SSSR count). The molecule has 0 atom stereocenters. The van der Waals surface area contributed by atoms with E-state index in [1.807, 2.05) is 24.3 Å². The Morgan fingerprint density at radius 1 is 1.03 bits per heavy atom. The lowest BCUT2D eigenvalue weighted by molar-refractivity contribution is -0.117. The SMILES string of the molecule is N#CCc1cc(F)ccc1CCc1ccnc(Nc2ccc3c(c2)CC(=O)C3)n1. The molecule has 5 nitrogen and oxygen atoms in total. The molecule has 0 aliphatic heterocycles. The number of benzene rings is 2. The lowest BCUT2D eigenvalue weighted by Crippen LogP contribution is -2.03. The molecule has 2 aromatic carbocycles. The van der Waals surface area contributed by atoms with Crippen LogP contribution in [0.5, 0.6) is 0 Å². The Balaban J connectivity index is 1.45. The average molecular weight is 386 g/mol. The van der Waals surface area contributed by atoms with Gasteiger partial charge in [-0.05, 0) is 65.4 Å². The van der Waals surface area contributed by atoms with Crippen LogP contribution in [0.4, 0.5) is 16.0 Å². The van der Waals surface area contributed by atoms with Crippen LogP contribution in [0.15, 0.2) is 48.7 Å². The van der Waals surface area contributed by atoms with E-state index in [4.69, 9.17) is 5.26 Å². The summed E-state index contributed by atoms with van der Waals surface area (Å²) in [4.78, 5) is 20.4. The third-order valence-electron chi connectivity index (χ3n) is 5.04. The molecular formula is C23H19FN4O. The van der Waals surface area contributed by atoms with E-state index in [1.165, 1.54) is 12.1 Å². The Labute approximate surface area is 168 Å². The third kappa shape index (κ3) is 4.46. The molecule has 0 fully saturated rings. The molecular weight excluding hydrogens is 367 g/mol. The molecule has 0 radical (unpaired) electrons. The molecule has 1 aliphatic rings. The summed E-state index contributed by atoms with van der Waals surface area (Å²) in [5.41, 5.74) is 5.51. The maximum Gasteiger partial charge on any atom is 0.227 e. The smallest absolute Gasteiger partial charge is 0.227 e. The van der Waals surface area contributed by atoms with Crippen molar-refractivity contribution in [2.75, 3.05) is 5.32 Å². The number of anilines is 2. The monoisotopic (exact) mass is 386 g/mol. The number of nitrogens with one attached hydrogen (secondary N) is 1. The Hall–Kier alpha value is -3.59. The van der Waals surface area contributed by atoms with E-state index in [-0.39, 0.29) is 18.0 Å². The minimum atomic E-state index is -0.330. The summed E-state index contributed by atoms with van der Waals surface area (Å²) in [6.45, 7) is 0. The first-order chi connectivity index (χ1) is 14.1. The molecule has 0 saturated heterocycles. The van der Waals surface area contributed by atoms with Crippen LogP contribution in [0, 0.1) is 17.1 Å². The van der Waals surface area contributed by atoms with E-state index in [0.717, 1.165) is 28.1 Å². The van der Waals surface area contributed by atoms with Crippen molar-refractivity contribution >= 4 is 17.4 Å². The number of hydrogen-bond donors (Lipinski definition) is 1. The number of rotatable bonds is 6. The Bertz CT molecular complexity index is 1120. The lowest BCUT2D eigenvalue weighted by Gasteiger charge is -2.09. The highest BCUT2D eigenvalue weighted by molar-refractivity contribution is 5.88. The van der Waals surface area contributed by atoms with Gasteiger partial charge in [0.25, 0.3) is 0 Å². The summed E-state index contributed by atoms with van der Waals surface area (Å²) < 4.78 is 13.4. The summed E-state index contributed by atoms with van der Waals surface area (Å²) in [5.74, 6) is 0.402. The number of hydrogen-bond acceptors (Lipinski definition) is 5. The van der Waals surface area contributed by atoms with E-state index in [1.54, 1.807) is 12.3 Å². The predicted molar refractivity (Wildman–Crippen MR) is 107 cm³/mol. The third-order valence-corrected chi connectivity index (χ3v) is 5.04. The fraction of sp³-hybridized carbons (Fsp3) is 0.217. The number of fused-ring (bicyclic) bond motifs is 1. The number of Topliss-reactive ketones (excluding diaryl/α,β-unsaturated/α-hetero) is 1. The van der Waals surface area contributed by atoms with Gasteiger partial charge in [0.05, 0.1) is 12.5 Å². The second-order valence-electron chi connectivity index (χ2n) is 7.12. The van der Waals surface area contributed by atoms with Gasteiger partial charge in [-0.2, -0.15) is 5.26 Å². The van der Waals surface area contributed by atoms with Crippen molar-refractivity contribution in [2.24, 2.45) is 0 Å². The molecule has 29 heavy (non-hydrogen) atoms. The van der Waals surface area contributed by atoms with Crippen LogP contribution in [0.2, 0.25) is 0 Å². The topological polar surface area (TPSA) is 78.7 Å². The molecule has 6 heteroatoms. The maximum atomic E-state index is 13.4. The van der Waals surface area contributed by atoms with Gasteiger partial charge in [0.1, 0.15) is 11.6 Å². The van der Waals surface area contributed by atoms with E-state index < -0.39 is 0 Å². The van der Waals surface area contributed by atoms with Crippen molar-refractivity contribution in [2.45, 2.75) is 32.1 Å². The van der Waals surface area contributed by atoms with Gasteiger partial charge in [-0.3, -0.25) is 4.79 Å². The van der Waals surface area contributed by atoms with Gasteiger partial charge in [-0.15, -0.1) is 0 Å². The highest BCUT2D eigenvalue weighted by Gasteiger charge is 2.18. The number of nitriles is 1. The Kier molecular flexibility index (Phi) is 5.30. The predicted octanol–water partition coefficient (Wildman–Crippen LogP) is 3.88. The van der Waals surface area contributed by atoms with Crippen molar-refractivity contribution in [1.29, 1.82) is 5.26 Å². The largest absolute Gasteiger partial charge is 0.324 e. The number of halogens is 1. The van der Waals surface area contributed by atoms with Crippen molar-refractivity contribution in [3.8, 4) is 6.07 Å². The normalized spacial score (nSPS) is 12.5. The standard InChI is InChI=1S/C23H19FN4O/c24-19-4-1-15(17(11-19)7-9-25)2-5-20-8-10-26-23(27-20)28-21-6-3-16-13-22(29)14-18(16)12-21/h1,3-4,6,8,10-12H,2,5,7,13-14H2,(H,26,27,28). The molecule has 0 spiro atoms. The number of aromatic nitrogens is 2. The summed E-state index contributed by atoms with van der Waals surface area (Å²) >= 11 is 0. The molecule has 1 N–H and O–H groups in total. The van der Waals surface area contributed by atoms with Crippen LogP contribution in [0.25, 0.3) is 0 Å². The van der Waals surface area contributed by atoms with Crippen molar-refractivity contribution in [3.05, 3.63) is 82.4 Å². The van der Waals surface area contributed by atoms with Crippen LogP contribution in [0.1, 0.15) is 27.9 Å². The molecule has 0 amide bonds. The number of ketones is 1. The highest BCUT2D eigenvalue weighted by atomic mass is 19.1. The van der Waals surface area contributed by atoms with Gasteiger partial charge in [0.2, 0.25) is 5.95 Å². The van der Waals surface area contributed by atoms with Crippen LogP contribution in [0.3, 0.4) is 0 Å². The number of carbonyl (C=O) groups excluding carboxylic acids is 1. The average Bonchev–Trinajstić information content (AvgIpc) is 3.07. The van der Waals surface area contributed by atoms with E-state index in [0.29, 0.717) is 37.2 Å². The number of carbonyl (C=O) groups is 1. The van der Waals surface area contributed by atoms with E-state index in [2.05, 4.69) is 21.4 Å². The maximum absolute atomic E-state index is 13.4. The van der Waals surface area contributed by atoms with E-state index in [9.17, 15) is 9.18 Å². The van der Waals surface area contributed by atoms with Crippen LogP contribution in [-0.2, 0) is 36.9 Å². The first-order valence-corrected chi connectivity index (χ1v) is 9.47. The second-order valence-corrected chi connectivity index (χ2v) is 7.12. The zero-order valence-electron chi connectivity index (χ0n) is 15.8. The number of aryl methyl sites for hydroxylation is 2. The quantitative estimate of drug-likeness (QED) is 0.696. The molecule has 0 unspecified atom stereocenters. The molecule has 0 bridgehead atoms. The molecule has 144 valence electrons. The van der Waals surface area contributed by atoms with Gasteiger partial charge < -0.3 is 5.32 Å². The lowest BCUT2D eigenvalue weighted by atomic mass is 10.00. The molecule has 1 aromatic heterocycles. The number of nitrogens with zero attached hydrogens (tertiary/aromatic N) is 3. The molecule has 1 heterocycles. The summed E-state index contributed by atoms with van der Waals surface area (Å²) in [5, 5.41) is 12.1. The fourth-order valence-electron chi connectivity index (χ4n) is 3.60. The van der Waals surface area contributed by atoms with Gasteiger partial charge in [-0.25, -0.2) is 14.4 Å². The van der Waals surface area contributed by atoms with Crippen molar-refractivity contribution in [3.63, 3.8) is 0 Å². The molecule has 3 aromatic rings. The highest BCUT2D eigenvalue weighted by Crippen LogP contribution is 2.24.